The predicted octanol–water partition coefficient (Wildman–Crippen LogP) is 8.40. The van der Waals surface area contributed by atoms with Gasteiger partial charge in [-0.05, 0) is 83.1 Å². The van der Waals surface area contributed by atoms with Crippen molar-refractivity contribution in [1.82, 2.24) is 0 Å². The summed E-state index contributed by atoms with van der Waals surface area (Å²) in [5.74, 6) is 0.218. The molecule has 0 N–H and O–H groups in total. The van der Waals surface area contributed by atoms with Crippen LogP contribution in [0.4, 0.5) is 0 Å². The zero-order chi connectivity index (χ0) is 37.5. The Kier molecular flexibility index (Phi) is 15.4. The number of hydrogen-bond acceptors (Lipinski definition) is 9. The Balaban J connectivity index is 1.95. The number of hydrogen-bond donors (Lipinski definition) is 0. The van der Waals surface area contributed by atoms with E-state index in [0.717, 1.165) is 24.6 Å². The van der Waals surface area contributed by atoms with Gasteiger partial charge in [-0.2, -0.15) is 0 Å². The van der Waals surface area contributed by atoms with Crippen LogP contribution in [0.25, 0.3) is 0 Å². The maximum Gasteiger partial charge on any atom is 0.261 e. The highest BCUT2D eigenvalue weighted by Crippen LogP contribution is 2.55. The molecule has 2 saturated carbocycles. The summed E-state index contributed by atoms with van der Waals surface area (Å²) in [4.78, 5) is 0. The highest BCUT2D eigenvalue weighted by Gasteiger charge is 2.63. The summed E-state index contributed by atoms with van der Waals surface area (Å²) < 4.78 is 47.3. The van der Waals surface area contributed by atoms with Gasteiger partial charge in [-0.1, -0.05) is 121 Å². The van der Waals surface area contributed by atoms with Crippen LogP contribution in [0.5, 0.6) is 0 Å². The molecule has 286 valence electrons. The quantitative estimate of drug-likeness (QED) is 0.0951. The van der Waals surface area contributed by atoms with E-state index in [1.807, 2.05) is 6.26 Å². The zero-order valence-corrected chi connectivity index (χ0v) is 36.6. The molecule has 0 amide bonds. The molecule has 2 aliphatic carbocycles. The first kappa shape index (κ1) is 42.6. The van der Waals surface area contributed by atoms with E-state index in [1.54, 1.807) is 14.2 Å². The van der Waals surface area contributed by atoms with Gasteiger partial charge >= 0.3 is 0 Å². The molecule has 2 aromatic carbocycles. The Morgan fingerprint density at radius 1 is 0.843 bits per heavy atom. The van der Waals surface area contributed by atoms with Crippen LogP contribution < -0.4 is 10.4 Å². The molecular formula is C40H64O7S2Si2. The molecule has 0 saturated heterocycles. The van der Waals surface area contributed by atoms with Gasteiger partial charge in [-0.3, -0.25) is 0 Å². The third-order valence-corrected chi connectivity index (χ3v) is 22.7. The molecule has 8 atom stereocenters. The summed E-state index contributed by atoms with van der Waals surface area (Å²) in [6.45, 7) is 18.8. The van der Waals surface area contributed by atoms with Crippen molar-refractivity contribution in [3.8, 4) is 0 Å². The van der Waals surface area contributed by atoms with Crippen LogP contribution in [0, 0.1) is 17.8 Å². The number of benzene rings is 2. The second kappa shape index (κ2) is 18.5. The van der Waals surface area contributed by atoms with Crippen molar-refractivity contribution in [3.63, 3.8) is 0 Å². The van der Waals surface area contributed by atoms with Gasteiger partial charge in [-0.25, -0.2) is 0 Å². The smallest absolute Gasteiger partial charge is 0.261 e. The fourth-order valence-electron chi connectivity index (χ4n) is 9.00. The van der Waals surface area contributed by atoms with Gasteiger partial charge in [0.25, 0.3) is 8.32 Å². The molecule has 0 aliphatic heterocycles. The Bertz CT molecular complexity index is 1310. The summed E-state index contributed by atoms with van der Waals surface area (Å²) in [5.41, 5.74) is -0.632. The van der Waals surface area contributed by atoms with Crippen LogP contribution in [0.3, 0.4) is 0 Å². The number of rotatable bonds is 16. The normalized spacial score (nSPS) is 28.6. The van der Waals surface area contributed by atoms with Gasteiger partial charge < -0.3 is 32.5 Å². The van der Waals surface area contributed by atoms with E-state index >= 15 is 0 Å². The topological polar surface area (TPSA) is 64.6 Å². The minimum absolute atomic E-state index is 0.0393. The fourth-order valence-corrected chi connectivity index (χ4v) is 17.0. The Hall–Kier alpha value is -1.13. The SMILES string of the molecule is CC[Si](CC)(CC)O[C@@H]1[C@@H](OC(=S)SC)[C@@H](OCOC)C[C@](C)(OCOC)[C@H]2C[C@H](O[Si](c3ccccc3)(c3ccccc3)C(C)(C)C)[C@H](C)[C@@H]12. The number of ether oxygens (including phenoxy) is 5. The van der Waals surface area contributed by atoms with Crippen LogP contribution in [0.15, 0.2) is 60.7 Å². The van der Waals surface area contributed by atoms with Crippen molar-refractivity contribution in [3.05, 3.63) is 60.7 Å². The zero-order valence-electron chi connectivity index (χ0n) is 32.9. The Labute approximate surface area is 320 Å². The minimum atomic E-state index is -2.87. The van der Waals surface area contributed by atoms with Gasteiger partial charge in [-0.15, -0.1) is 0 Å². The van der Waals surface area contributed by atoms with Gasteiger partial charge in [0.2, 0.25) is 4.38 Å². The highest BCUT2D eigenvalue weighted by atomic mass is 32.2. The van der Waals surface area contributed by atoms with E-state index < -0.39 is 28.3 Å². The second-order valence-corrected chi connectivity index (χ2v) is 26.0. The van der Waals surface area contributed by atoms with Crippen LogP contribution in [0.2, 0.25) is 23.2 Å². The lowest BCUT2D eigenvalue weighted by atomic mass is 9.77. The molecule has 0 spiro atoms. The van der Waals surface area contributed by atoms with Crippen molar-refractivity contribution in [1.29, 1.82) is 0 Å². The van der Waals surface area contributed by atoms with Crippen LogP contribution in [-0.4, -0.2) is 85.1 Å². The summed E-state index contributed by atoms with van der Waals surface area (Å²) in [7, 11) is -1.70. The van der Waals surface area contributed by atoms with E-state index in [9.17, 15) is 0 Å². The molecule has 0 unspecified atom stereocenters. The lowest BCUT2D eigenvalue weighted by Gasteiger charge is -2.46. The van der Waals surface area contributed by atoms with Crippen molar-refractivity contribution in [2.45, 2.75) is 121 Å². The highest BCUT2D eigenvalue weighted by molar-refractivity contribution is 8.22. The molecule has 11 heteroatoms. The Morgan fingerprint density at radius 3 is 1.86 bits per heavy atom. The summed E-state index contributed by atoms with van der Waals surface area (Å²) >= 11 is 7.23. The van der Waals surface area contributed by atoms with E-state index in [-0.39, 0.29) is 54.7 Å². The molecule has 0 radical (unpaired) electrons. The average Bonchev–Trinajstić information content (AvgIpc) is 3.43. The maximum atomic E-state index is 7.95. The first-order chi connectivity index (χ1) is 24.3. The van der Waals surface area contributed by atoms with Gasteiger partial charge in [0.15, 0.2) is 14.4 Å². The van der Waals surface area contributed by atoms with Gasteiger partial charge in [0, 0.05) is 26.7 Å². The second-order valence-electron chi connectivity index (χ2n) is 15.6. The van der Waals surface area contributed by atoms with Crippen molar-refractivity contribution in [2.75, 3.05) is 34.1 Å². The summed E-state index contributed by atoms with van der Waals surface area (Å²) in [5, 5.41) is 2.40. The molecule has 2 fully saturated rings. The van der Waals surface area contributed by atoms with Crippen molar-refractivity contribution in [2.24, 2.45) is 17.8 Å². The molecule has 0 heterocycles. The van der Waals surface area contributed by atoms with E-state index in [4.69, 9.17) is 44.8 Å². The molecule has 7 nitrogen and oxygen atoms in total. The molecule has 4 rings (SSSR count). The number of thioether (sulfide) groups is 1. The van der Waals surface area contributed by atoms with E-state index in [2.05, 4.69) is 116 Å². The number of methoxy groups -OCH3 is 2. The lowest BCUT2D eigenvalue weighted by molar-refractivity contribution is -0.179. The van der Waals surface area contributed by atoms with E-state index in [1.165, 1.54) is 22.1 Å². The Morgan fingerprint density at radius 2 is 1.39 bits per heavy atom. The minimum Gasteiger partial charge on any atom is -0.470 e. The first-order valence-corrected chi connectivity index (χ1v) is 24.8. The molecule has 2 aliphatic rings. The molecule has 51 heavy (non-hydrogen) atoms. The fraction of sp³-hybridized carbons (Fsp3) is 0.675. The summed E-state index contributed by atoms with van der Waals surface area (Å²) in [6.07, 6.45) is 2.16. The number of thiocarbonyl (C=S) groups is 1. The largest absolute Gasteiger partial charge is 0.470 e. The third-order valence-electron chi connectivity index (χ3n) is 12.0. The van der Waals surface area contributed by atoms with Crippen LogP contribution in [0.1, 0.15) is 68.2 Å². The van der Waals surface area contributed by atoms with Gasteiger partial charge in [0.05, 0.1) is 11.7 Å². The van der Waals surface area contributed by atoms with Crippen LogP contribution >= 0.6 is 24.0 Å². The van der Waals surface area contributed by atoms with Gasteiger partial charge in [0.1, 0.15) is 19.7 Å². The third kappa shape index (κ3) is 9.06. The maximum absolute atomic E-state index is 7.95. The summed E-state index contributed by atoms with van der Waals surface area (Å²) in [6, 6.07) is 24.9. The molecule has 0 aromatic heterocycles. The predicted molar refractivity (Wildman–Crippen MR) is 219 cm³/mol. The van der Waals surface area contributed by atoms with Crippen molar-refractivity contribution < 1.29 is 32.5 Å². The standard InChI is InChI=1S/C40H64O7S2Si2/c1-12-50(13-2,14-3)47-37-35-29(4)33(46-51(39(5,6)7,30-21-17-15-18-22-30)31-23-19-16-20-24-31)25-32(35)40(8,44-28-42-10)26-34(43-27-41-9)36(37)45-38(48)49-11/h15-24,29,32-37H,12-14,25-28H2,1-11H3/t29-,32-,33-,34-,35+,36-,37-,40-/m0/s1. The van der Waals surface area contributed by atoms with E-state index in [0.29, 0.717) is 10.8 Å². The monoisotopic (exact) mass is 776 g/mol. The number of fused-ring (bicyclic) bond motifs is 1. The first-order valence-electron chi connectivity index (χ1n) is 18.7. The molecular weight excluding hydrogens is 713 g/mol. The molecule has 2 aromatic rings. The van der Waals surface area contributed by atoms with Crippen molar-refractivity contribution >= 4 is 55.4 Å². The average molecular weight is 777 g/mol. The van der Waals surface area contributed by atoms with Crippen LogP contribution in [-0.2, 0) is 32.5 Å². The molecule has 0 bridgehead atoms. The lowest BCUT2D eigenvalue weighted by Crippen LogP contribution is -2.68.